The Morgan fingerprint density at radius 1 is 1.25 bits per heavy atom. The molecule has 1 aromatic carbocycles. The van der Waals surface area contributed by atoms with Crippen molar-refractivity contribution >= 4 is 21.6 Å². The summed E-state index contributed by atoms with van der Waals surface area (Å²) in [5.74, 6) is 0. The average molecular weight is 260 g/mol. The fourth-order valence-electron chi connectivity index (χ4n) is 1.48. The minimum absolute atomic E-state index is 0.141. The van der Waals surface area contributed by atoms with Crippen LogP contribution in [0.3, 0.4) is 0 Å². The lowest BCUT2D eigenvalue weighted by Gasteiger charge is -2.05. The van der Waals surface area contributed by atoms with Crippen molar-refractivity contribution in [2.75, 3.05) is 6.54 Å². The van der Waals surface area contributed by atoms with E-state index in [0.717, 1.165) is 18.4 Å². The van der Waals surface area contributed by atoms with Crippen molar-refractivity contribution in [1.82, 2.24) is 4.72 Å². The summed E-state index contributed by atoms with van der Waals surface area (Å²) < 4.78 is 25.6. The summed E-state index contributed by atoms with van der Waals surface area (Å²) >= 11 is 5.76. The van der Waals surface area contributed by atoms with Crippen LogP contribution in [0.1, 0.15) is 18.4 Å². The monoisotopic (exact) mass is 259 g/mol. The first kappa shape index (κ1) is 11.9. The summed E-state index contributed by atoms with van der Waals surface area (Å²) in [5, 5.41) is 0.556. The van der Waals surface area contributed by atoms with Gasteiger partial charge in [-0.15, -0.1) is 0 Å². The number of halogens is 1. The molecule has 88 valence electrons. The van der Waals surface area contributed by atoms with Crippen LogP contribution >= 0.6 is 11.6 Å². The van der Waals surface area contributed by atoms with Crippen LogP contribution in [-0.4, -0.2) is 20.2 Å². The fraction of sp³-hybridized carbons (Fsp3) is 0.455. The van der Waals surface area contributed by atoms with Gasteiger partial charge in [-0.2, -0.15) is 0 Å². The Labute approximate surface area is 101 Å². The maximum absolute atomic E-state index is 11.5. The SMILES string of the molecule is O=S(=O)(NCCc1ccc(Cl)cc1)C1CC1. The summed E-state index contributed by atoms with van der Waals surface area (Å²) in [5.41, 5.74) is 1.09. The summed E-state index contributed by atoms with van der Waals surface area (Å²) in [6.07, 6.45) is 2.30. The van der Waals surface area contributed by atoms with E-state index in [2.05, 4.69) is 4.72 Å². The Kier molecular flexibility index (Phi) is 3.52. The third-order valence-electron chi connectivity index (χ3n) is 2.59. The van der Waals surface area contributed by atoms with Gasteiger partial charge in [0.15, 0.2) is 0 Å². The van der Waals surface area contributed by atoms with Crippen LogP contribution in [0.5, 0.6) is 0 Å². The van der Waals surface area contributed by atoms with E-state index in [1.54, 1.807) is 0 Å². The van der Waals surface area contributed by atoms with Crippen molar-refractivity contribution in [2.45, 2.75) is 24.5 Å². The van der Waals surface area contributed by atoms with Gasteiger partial charge in [0.2, 0.25) is 10.0 Å². The average Bonchev–Trinajstić information content (AvgIpc) is 3.04. The van der Waals surface area contributed by atoms with E-state index in [-0.39, 0.29) is 5.25 Å². The molecule has 0 spiro atoms. The number of benzene rings is 1. The van der Waals surface area contributed by atoms with Gasteiger partial charge in [-0.1, -0.05) is 23.7 Å². The van der Waals surface area contributed by atoms with Crippen LogP contribution in [0.25, 0.3) is 0 Å². The van der Waals surface area contributed by atoms with Crippen LogP contribution < -0.4 is 4.72 Å². The van der Waals surface area contributed by atoms with Crippen LogP contribution in [-0.2, 0) is 16.4 Å². The molecular weight excluding hydrogens is 246 g/mol. The molecule has 2 rings (SSSR count). The maximum atomic E-state index is 11.5. The Hall–Kier alpha value is -0.580. The smallest absolute Gasteiger partial charge is 0.214 e. The highest BCUT2D eigenvalue weighted by atomic mass is 35.5. The fourth-order valence-corrected chi connectivity index (χ4v) is 2.99. The molecule has 1 aliphatic carbocycles. The first-order valence-corrected chi connectivity index (χ1v) is 7.23. The minimum Gasteiger partial charge on any atom is -0.215 e. The van der Waals surface area contributed by atoms with Crippen LogP contribution in [0.15, 0.2) is 24.3 Å². The second-order valence-electron chi connectivity index (χ2n) is 4.02. The number of hydrogen-bond donors (Lipinski definition) is 1. The first-order chi connectivity index (χ1) is 7.58. The molecule has 0 bridgehead atoms. The molecular formula is C11H14ClNO2S. The molecule has 5 heteroatoms. The van der Waals surface area contributed by atoms with Crippen LogP contribution in [0.2, 0.25) is 5.02 Å². The first-order valence-electron chi connectivity index (χ1n) is 5.31. The van der Waals surface area contributed by atoms with Gasteiger partial charge >= 0.3 is 0 Å². The largest absolute Gasteiger partial charge is 0.215 e. The van der Waals surface area contributed by atoms with E-state index >= 15 is 0 Å². The standard InChI is InChI=1S/C11H14ClNO2S/c12-10-3-1-9(2-4-10)7-8-13-16(14,15)11-5-6-11/h1-4,11,13H,5-8H2. The van der Waals surface area contributed by atoms with E-state index in [1.165, 1.54) is 0 Å². The van der Waals surface area contributed by atoms with E-state index in [9.17, 15) is 8.42 Å². The van der Waals surface area contributed by atoms with Crippen LogP contribution in [0.4, 0.5) is 0 Å². The molecule has 0 aromatic heterocycles. The molecule has 0 saturated heterocycles. The summed E-state index contributed by atoms with van der Waals surface area (Å²) in [4.78, 5) is 0. The second-order valence-corrected chi connectivity index (χ2v) is 6.50. The van der Waals surface area contributed by atoms with E-state index in [0.29, 0.717) is 18.0 Å². The molecule has 1 N–H and O–H groups in total. The van der Waals surface area contributed by atoms with Crippen molar-refractivity contribution in [1.29, 1.82) is 0 Å². The van der Waals surface area contributed by atoms with Crippen molar-refractivity contribution in [3.8, 4) is 0 Å². The molecule has 0 aliphatic heterocycles. The van der Waals surface area contributed by atoms with E-state index in [4.69, 9.17) is 11.6 Å². The van der Waals surface area contributed by atoms with Crippen molar-refractivity contribution < 1.29 is 8.42 Å². The lowest BCUT2D eigenvalue weighted by atomic mass is 10.2. The van der Waals surface area contributed by atoms with Gasteiger partial charge in [-0.25, -0.2) is 13.1 Å². The summed E-state index contributed by atoms with van der Waals surface area (Å²) in [6.45, 7) is 0.459. The molecule has 1 aromatic rings. The molecule has 16 heavy (non-hydrogen) atoms. The number of rotatable bonds is 5. The van der Waals surface area contributed by atoms with Crippen molar-refractivity contribution in [3.63, 3.8) is 0 Å². The number of hydrogen-bond acceptors (Lipinski definition) is 2. The van der Waals surface area contributed by atoms with Gasteiger partial charge in [0.05, 0.1) is 5.25 Å². The van der Waals surface area contributed by atoms with Gasteiger partial charge in [0.25, 0.3) is 0 Å². The minimum atomic E-state index is -3.04. The lowest BCUT2D eigenvalue weighted by Crippen LogP contribution is -2.29. The highest BCUT2D eigenvalue weighted by Gasteiger charge is 2.35. The second kappa shape index (κ2) is 4.73. The van der Waals surface area contributed by atoms with Crippen molar-refractivity contribution in [2.24, 2.45) is 0 Å². The molecule has 0 heterocycles. The Bertz CT molecular complexity index is 451. The Morgan fingerprint density at radius 3 is 2.44 bits per heavy atom. The molecule has 0 amide bonds. The summed E-state index contributed by atoms with van der Waals surface area (Å²) in [6, 6.07) is 7.44. The number of sulfonamides is 1. The molecule has 1 fully saturated rings. The predicted octanol–water partition coefficient (Wildman–Crippen LogP) is 1.96. The lowest BCUT2D eigenvalue weighted by molar-refractivity contribution is 0.580. The highest BCUT2D eigenvalue weighted by Crippen LogP contribution is 2.27. The topological polar surface area (TPSA) is 46.2 Å². The highest BCUT2D eigenvalue weighted by molar-refractivity contribution is 7.90. The third-order valence-corrected chi connectivity index (χ3v) is 4.80. The van der Waals surface area contributed by atoms with Crippen molar-refractivity contribution in [3.05, 3.63) is 34.9 Å². The molecule has 0 radical (unpaired) electrons. The zero-order valence-electron chi connectivity index (χ0n) is 8.82. The Balaban J connectivity index is 1.81. The van der Waals surface area contributed by atoms with Gasteiger partial charge < -0.3 is 0 Å². The maximum Gasteiger partial charge on any atom is 0.214 e. The molecule has 0 atom stereocenters. The molecule has 1 aliphatic rings. The predicted molar refractivity (Wildman–Crippen MR) is 65.1 cm³/mol. The van der Waals surface area contributed by atoms with Gasteiger partial charge in [-0.3, -0.25) is 0 Å². The molecule has 3 nitrogen and oxygen atoms in total. The van der Waals surface area contributed by atoms with Crippen LogP contribution in [0, 0.1) is 0 Å². The quantitative estimate of drug-likeness (QED) is 0.879. The third kappa shape index (κ3) is 3.20. The Morgan fingerprint density at radius 2 is 1.88 bits per heavy atom. The van der Waals surface area contributed by atoms with Gasteiger partial charge in [-0.05, 0) is 37.0 Å². The zero-order chi connectivity index (χ0) is 11.6. The van der Waals surface area contributed by atoms with E-state index < -0.39 is 10.0 Å². The molecule has 0 unspecified atom stereocenters. The van der Waals surface area contributed by atoms with Gasteiger partial charge in [0.1, 0.15) is 0 Å². The molecule has 1 saturated carbocycles. The van der Waals surface area contributed by atoms with Gasteiger partial charge in [0, 0.05) is 11.6 Å². The van der Waals surface area contributed by atoms with E-state index in [1.807, 2.05) is 24.3 Å². The summed E-state index contributed by atoms with van der Waals surface area (Å²) in [7, 11) is -3.04. The normalized spacial score (nSPS) is 16.3. The number of nitrogens with one attached hydrogen (secondary N) is 1. The zero-order valence-corrected chi connectivity index (χ0v) is 10.4.